The van der Waals surface area contributed by atoms with Crippen molar-refractivity contribution in [1.82, 2.24) is 9.62 Å². The third-order valence-corrected chi connectivity index (χ3v) is 7.73. The van der Waals surface area contributed by atoms with Gasteiger partial charge < -0.3 is 24.3 Å². The van der Waals surface area contributed by atoms with Gasteiger partial charge in [0.1, 0.15) is 6.61 Å². The van der Waals surface area contributed by atoms with E-state index in [9.17, 15) is 13.2 Å². The predicted octanol–water partition coefficient (Wildman–Crippen LogP) is 2.20. The van der Waals surface area contributed by atoms with Crippen molar-refractivity contribution in [3.63, 3.8) is 0 Å². The van der Waals surface area contributed by atoms with Gasteiger partial charge in [0, 0.05) is 31.8 Å². The zero-order valence-electron chi connectivity index (χ0n) is 19.2. The minimum Gasteiger partial charge on any atom is -0.493 e. The van der Waals surface area contributed by atoms with Crippen LogP contribution in [-0.4, -0.2) is 71.4 Å². The fourth-order valence-electron chi connectivity index (χ4n) is 3.92. The molecule has 4 rings (SSSR count). The molecule has 0 aliphatic carbocycles. The molecule has 2 aromatic rings. The van der Waals surface area contributed by atoms with Gasteiger partial charge in [0.15, 0.2) is 11.5 Å². The van der Waals surface area contributed by atoms with Gasteiger partial charge >= 0.3 is 0 Å². The summed E-state index contributed by atoms with van der Waals surface area (Å²) in [7, 11) is -2.11. The van der Waals surface area contributed by atoms with Crippen molar-refractivity contribution < 1.29 is 32.2 Å². The van der Waals surface area contributed by atoms with Crippen LogP contribution in [0.25, 0.3) is 0 Å². The fraction of sp³-hybridized carbons (Fsp3) is 0.458. The van der Waals surface area contributed by atoms with E-state index in [1.54, 1.807) is 19.2 Å². The highest BCUT2D eigenvalue weighted by Crippen LogP contribution is 2.29. The summed E-state index contributed by atoms with van der Waals surface area (Å²) in [5.41, 5.74) is 1.10. The van der Waals surface area contributed by atoms with E-state index in [1.807, 2.05) is 18.2 Å². The summed E-state index contributed by atoms with van der Waals surface area (Å²) >= 11 is 0. The summed E-state index contributed by atoms with van der Waals surface area (Å²) < 4.78 is 49.3. The first-order valence-electron chi connectivity index (χ1n) is 11.3. The maximum atomic E-state index is 12.9. The zero-order chi connectivity index (χ0) is 24.0. The van der Waals surface area contributed by atoms with Crippen molar-refractivity contribution in [2.24, 2.45) is 0 Å². The Morgan fingerprint density at radius 3 is 2.68 bits per heavy atom. The van der Waals surface area contributed by atoms with Crippen molar-refractivity contribution in [1.29, 1.82) is 0 Å². The lowest BCUT2D eigenvalue weighted by Crippen LogP contribution is -2.40. The first kappa shape index (κ1) is 24.5. The standard InChI is InChI=1S/C24H30N2O7S/c1-30-23-14-18(7-8-22(23)33-17-20-5-3-11-32-20)16-25-24(27)19-4-2-6-21(15-19)34(28,29)26-9-12-31-13-10-26/h2,4,6-8,14-15,20H,3,5,9-13,16-17H2,1H3,(H,25,27). The summed E-state index contributed by atoms with van der Waals surface area (Å²) in [6.07, 6.45) is 2.14. The number of hydrogen-bond donors (Lipinski definition) is 1. The van der Waals surface area contributed by atoms with E-state index in [4.69, 9.17) is 18.9 Å². The molecule has 1 atom stereocenters. The molecule has 0 saturated carbocycles. The topological polar surface area (TPSA) is 103 Å². The summed E-state index contributed by atoms with van der Waals surface area (Å²) in [5, 5.41) is 2.84. The van der Waals surface area contributed by atoms with E-state index in [-0.39, 0.29) is 29.0 Å². The summed E-state index contributed by atoms with van der Waals surface area (Å²) in [5.74, 6) is 0.828. The van der Waals surface area contributed by atoms with E-state index in [0.717, 1.165) is 25.0 Å². The van der Waals surface area contributed by atoms with Crippen molar-refractivity contribution in [2.45, 2.75) is 30.4 Å². The number of nitrogens with one attached hydrogen (secondary N) is 1. The number of morpholine rings is 1. The van der Waals surface area contributed by atoms with Gasteiger partial charge in [-0.25, -0.2) is 8.42 Å². The average molecular weight is 491 g/mol. The molecule has 0 spiro atoms. The van der Waals surface area contributed by atoms with Crippen LogP contribution < -0.4 is 14.8 Å². The van der Waals surface area contributed by atoms with Gasteiger partial charge in [-0.1, -0.05) is 12.1 Å². The first-order valence-corrected chi connectivity index (χ1v) is 12.8. The molecule has 0 radical (unpaired) electrons. The Morgan fingerprint density at radius 1 is 1.12 bits per heavy atom. The van der Waals surface area contributed by atoms with Gasteiger partial charge in [-0.15, -0.1) is 0 Å². The molecule has 0 bridgehead atoms. The quantitative estimate of drug-likeness (QED) is 0.575. The first-order chi connectivity index (χ1) is 16.5. The van der Waals surface area contributed by atoms with Gasteiger partial charge in [-0.2, -0.15) is 4.31 Å². The second kappa shape index (κ2) is 11.2. The Bertz CT molecular complexity index is 1090. The number of ether oxygens (including phenoxy) is 4. The van der Waals surface area contributed by atoms with Crippen molar-refractivity contribution in [2.75, 3.05) is 46.6 Å². The van der Waals surface area contributed by atoms with E-state index in [2.05, 4.69) is 5.32 Å². The second-order valence-electron chi connectivity index (χ2n) is 8.16. The number of hydrogen-bond acceptors (Lipinski definition) is 7. The minimum atomic E-state index is -3.68. The van der Waals surface area contributed by atoms with Crippen LogP contribution in [0.1, 0.15) is 28.8 Å². The Kier molecular flexibility index (Phi) is 8.04. The molecule has 2 saturated heterocycles. The molecular weight excluding hydrogens is 460 g/mol. The maximum absolute atomic E-state index is 12.9. The Labute approximate surface area is 200 Å². The molecule has 1 amide bonds. The number of benzene rings is 2. The van der Waals surface area contributed by atoms with Crippen molar-refractivity contribution in [3.05, 3.63) is 53.6 Å². The van der Waals surface area contributed by atoms with Crippen molar-refractivity contribution >= 4 is 15.9 Å². The van der Waals surface area contributed by atoms with Gasteiger partial charge in [0.2, 0.25) is 10.0 Å². The summed E-state index contributed by atoms with van der Waals surface area (Å²) in [6, 6.07) is 11.6. The van der Waals surface area contributed by atoms with Gasteiger partial charge in [0.25, 0.3) is 5.91 Å². The highest BCUT2D eigenvalue weighted by Gasteiger charge is 2.27. The highest BCUT2D eigenvalue weighted by molar-refractivity contribution is 7.89. The van der Waals surface area contributed by atoms with Crippen molar-refractivity contribution in [3.8, 4) is 11.5 Å². The Balaban J connectivity index is 1.38. The van der Waals surface area contributed by atoms with Gasteiger partial charge in [-0.05, 0) is 48.7 Å². The van der Waals surface area contributed by atoms with Crippen LogP contribution in [-0.2, 0) is 26.0 Å². The smallest absolute Gasteiger partial charge is 0.251 e. The van der Waals surface area contributed by atoms with Crippen LogP contribution in [0.2, 0.25) is 0 Å². The summed E-state index contributed by atoms with van der Waals surface area (Å²) in [4.78, 5) is 12.8. The molecular formula is C24H30N2O7S. The molecule has 2 aromatic carbocycles. The number of rotatable bonds is 9. The molecule has 34 heavy (non-hydrogen) atoms. The van der Waals surface area contributed by atoms with E-state index in [1.165, 1.54) is 16.4 Å². The molecule has 10 heteroatoms. The van der Waals surface area contributed by atoms with Crippen LogP contribution in [0.3, 0.4) is 0 Å². The lowest BCUT2D eigenvalue weighted by molar-refractivity contribution is 0.0669. The number of nitrogens with zero attached hydrogens (tertiary/aromatic N) is 1. The number of sulfonamides is 1. The Morgan fingerprint density at radius 2 is 1.94 bits per heavy atom. The van der Waals surface area contributed by atoms with Crippen LogP contribution in [0.4, 0.5) is 0 Å². The minimum absolute atomic E-state index is 0.0939. The highest BCUT2D eigenvalue weighted by atomic mass is 32.2. The number of carbonyl (C=O) groups excluding carboxylic acids is 1. The van der Waals surface area contributed by atoms with E-state index < -0.39 is 10.0 Å². The number of amides is 1. The SMILES string of the molecule is COc1cc(CNC(=O)c2cccc(S(=O)(=O)N3CCOCC3)c2)ccc1OCC1CCCO1. The monoisotopic (exact) mass is 490 g/mol. The van der Waals surface area contributed by atoms with E-state index in [0.29, 0.717) is 44.4 Å². The van der Waals surface area contributed by atoms with Gasteiger partial charge in [0.05, 0.1) is 31.3 Å². The molecule has 0 aromatic heterocycles. The average Bonchev–Trinajstić information content (AvgIpc) is 3.40. The molecule has 2 aliphatic rings. The fourth-order valence-corrected chi connectivity index (χ4v) is 5.37. The van der Waals surface area contributed by atoms with E-state index >= 15 is 0 Å². The summed E-state index contributed by atoms with van der Waals surface area (Å²) in [6.45, 7) is 2.81. The van der Waals surface area contributed by atoms with Crippen LogP contribution in [0, 0.1) is 0 Å². The number of methoxy groups -OCH3 is 1. The molecule has 1 unspecified atom stereocenters. The molecule has 2 aliphatic heterocycles. The van der Waals surface area contributed by atoms with Gasteiger partial charge in [-0.3, -0.25) is 4.79 Å². The molecule has 2 fully saturated rings. The maximum Gasteiger partial charge on any atom is 0.251 e. The third kappa shape index (κ3) is 5.87. The largest absolute Gasteiger partial charge is 0.493 e. The molecule has 184 valence electrons. The lowest BCUT2D eigenvalue weighted by atomic mass is 10.1. The third-order valence-electron chi connectivity index (χ3n) is 5.83. The normalized spacial score (nSPS) is 19.0. The lowest BCUT2D eigenvalue weighted by Gasteiger charge is -2.26. The zero-order valence-corrected chi connectivity index (χ0v) is 20.0. The van der Waals surface area contributed by atoms with Crippen LogP contribution in [0.15, 0.2) is 47.4 Å². The second-order valence-corrected chi connectivity index (χ2v) is 10.1. The predicted molar refractivity (Wildman–Crippen MR) is 125 cm³/mol. The molecule has 9 nitrogen and oxygen atoms in total. The number of carbonyl (C=O) groups is 1. The van der Waals surface area contributed by atoms with Crippen LogP contribution in [0.5, 0.6) is 11.5 Å². The molecule has 1 N–H and O–H groups in total. The van der Waals surface area contributed by atoms with Crippen LogP contribution >= 0.6 is 0 Å². The Hall–Kier alpha value is -2.66. The molecule has 2 heterocycles.